The molecule has 1 aromatic heterocycles. The molecular formula is C20H20N2O3. The van der Waals surface area contributed by atoms with Gasteiger partial charge in [-0.05, 0) is 36.2 Å². The maximum Gasteiger partial charge on any atom is 0.261 e. The molecule has 5 nitrogen and oxygen atoms in total. The van der Waals surface area contributed by atoms with Gasteiger partial charge in [-0.25, -0.2) is 0 Å². The lowest BCUT2D eigenvalue weighted by Crippen LogP contribution is -2.23. The molecule has 0 saturated heterocycles. The second-order valence-electron chi connectivity index (χ2n) is 5.83. The summed E-state index contributed by atoms with van der Waals surface area (Å²) < 4.78 is 6.97. The number of pyridine rings is 1. The SMILES string of the molecule is CCc1ccccc1NC(=O)c1cn(C)c2ccc(OC)cc2c1=O. The van der Waals surface area contributed by atoms with Gasteiger partial charge in [0.1, 0.15) is 11.3 Å². The third-order valence-electron chi connectivity index (χ3n) is 4.29. The first-order chi connectivity index (χ1) is 12.0. The number of ether oxygens (including phenoxy) is 1. The number of carbonyl (C=O) groups is 1. The first kappa shape index (κ1) is 16.8. The van der Waals surface area contributed by atoms with Crippen LogP contribution in [0.25, 0.3) is 10.9 Å². The fraction of sp³-hybridized carbons (Fsp3) is 0.200. The average Bonchev–Trinajstić information content (AvgIpc) is 2.64. The molecule has 1 heterocycles. The molecule has 0 atom stereocenters. The maximum atomic E-state index is 12.8. The number of benzene rings is 2. The van der Waals surface area contributed by atoms with Gasteiger partial charge >= 0.3 is 0 Å². The van der Waals surface area contributed by atoms with Gasteiger partial charge in [0.25, 0.3) is 5.91 Å². The second-order valence-corrected chi connectivity index (χ2v) is 5.83. The quantitative estimate of drug-likeness (QED) is 0.795. The average molecular weight is 336 g/mol. The van der Waals surface area contributed by atoms with Crippen molar-refractivity contribution in [3.8, 4) is 5.75 Å². The fourth-order valence-electron chi connectivity index (χ4n) is 2.90. The Morgan fingerprint density at radius 3 is 2.68 bits per heavy atom. The highest BCUT2D eigenvalue weighted by Crippen LogP contribution is 2.20. The van der Waals surface area contributed by atoms with Crippen molar-refractivity contribution in [1.82, 2.24) is 4.57 Å². The number of carbonyl (C=O) groups excluding carboxylic acids is 1. The minimum absolute atomic E-state index is 0.106. The normalized spacial score (nSPS) is 10.7. The number of amides is 1. The number of para-hydroxylation sites is 1. The minimum atomic E-state index is -0.411. The molecular weight excluding hydrogens is 316 g/mol. The number of hydrogen-bond acceptors (Lipinski definition) is 3. The van der Waals surface area contributed by atoms with E-state index in [9.17, 15) is 9.59 Å². The molecule has 0 aliphatic carbocycles. The lowest BCUT2D eigenvalue weighted by molar-refractivity contribution is 0.102. The smallest absolute Gasteiger partial charge is 0.261 e. The van der Waals surface area contributed by atoms with E-state index in [1.54, 1.807) is 30.0 Å². The molecule has 0 fully saturated rings. The van der Waals surface area contributed by atoms with Gasteiger partial charge in [0.15, 0.2) is 0 Å². The number of nitrogens with one attached hydrogen (secondary N) is 1. The Balaban J connectivity index is 2.07. The zero-order valence-electron chi connectivity index (χ0n) is 14.5. The monoisotopic (exact) mass is 336 g/mol. The van der Waals surface area contributed by atoms with Gasteiger partial charge < -0.3 is 14.6 Å². The van der Waals surface area contributed by atoms with E-state index in [1.807, 2.05) is 44.3 Å². The largest absolute Gasteiger partial charge is 0.497 e. The van der Waals surface area contributed by atoms with Gasteiger partial charge in [0.05, 0.1) is 18.0 Å². The summed E-state index contributed by atoms with van der Waals surface area (Å²) >= 11 is 0. The van der Waals surface area contributed by atoms with Crippen LogP contribution in [0.4, 0.5) is 5.69 Å². The molecule has 0 unspecified atom stereocenters. The molecule has 3 rings (SSSR count). The zero-order valence-corrected chi connectivity index (χ0v) is 14.5. The van der Waals surface area contributed by atoms with Crippen molar-refractivity contribution in [3.63, 3.8) is 0 Å². The van der Waals surface area contributed by atoms with Crippen LogP contribution in [0.1, 0.15) is 22.8 Å². The van der Waals surface area contributed by atoms with Crippen LogP contribution in [0.2, 0.25) is 0 Å². The summed E-state index contributed by atoms with van der Waals surface area (Å²) in [7, 11) is 3.36. The number of aryl methyl sites for hydroxylation is 2. The molecule has 128 valence electrons. The Labute approximate surface area is 145 Å². The lowest BCUT2D eigenvalue weighted by atomic mass is 10.1. The molecule has 2 aromatic carbocycles. The molecule has 3 aromatic rings. The summed E-state index contributed by atoms with van der Waals surface area (Å²) in [5.74, 6) is 0.171. The summed E-state index contributed by atoms with van der Waals surface area (Å²) in [6, 6.07) is 12.8. The molecule has 0 spiro atoms. The maximum absolute atomic E-state index is 12.8. The molecule has 1 N–H and O–H groups in total. The van der Waals surface area contributed by atoms with Crippen LogP contribution < -0.4 is 15.5 Å². The van der Waals surface area contributed by atoms with Gasteiger partial charge in [-0.1, -0.05) is 25.1 Å². The molecule has 0 saturated carbocycles. The van der Waals surface area contributed by atoms with E-state index in [2.05, 4.69) is 5.32 Å². The first-order valence-electron chi connectivity index (χ1n) is 8.11. The van der Waals surface area contributed by atoms with Crippen molar-refractivity contribution in [3.05, 3.63) is 70.0 Å². The van der Waals surface area contributed by atoms with Crippen molar-refractivity contribution in [2.75, 3.05) is 12.4 Å². The molecule has 25 heavy (non-hydrogen) atoms. The van der Waals surface area contributed by atoms with Crippen LogP contribution in [0.3, 0.4) is 0 Å². The predicted molar refractivity (Wildman–Crippen MR) is 99.5 cm³/mol. The highest BCUT2D eigenvalue weighted by Gasteiger charge is 2.16. The Bertz CT molecular complexity index is 1010. The standard InChI is InChI=1S/C20H20N2O3/c1-4-13-7-5-6-8-17(13)21-20(24)16-12-22(2)18-10-9-14(25-3)11-15(18)19(16)23/h5-12H,4H2,1-3H3,(H,21,24). The van der Waals surface area contributed by atoms with Crippen molar-refractivity contribution in [2.45, 2.75) is 13.3 Å². The molecule has 0 bridgehead atoms. The minimum Gasteiger partial charge on any atom is -0.497 e. The van der Waals surface area contributed by atoms with E-state index >= 15 is 0 Å². The molecule has 0 aliphatic rings. The van der Waals surface area contributed by atoms with E-state index in [4.69, 9.17) is 4.74 Å². The Morgan fingerprint density at radius 1 is 1.20 bits per heavy atom. The number of fused-ring (bicyclic) bond motifs is 1. The van der Waals surface area contributed by atoms with E-state index in [-0.39, 0.29) is 11.0 Å². The first-order valence-corrected chi connectivity index (χ1v) is 8.11. The van der Waals surface area contributed by atoms with Gasteiger partial charge in [0, 0.05) is 18.9 Å². The number of rotatable bonds is 4. The Hall–Kier alpha value is -3.08. The predicted octanol–water partition coefficient (Wildman–Crippen LogP) is 3.36. The highest BCUT2D eigenvalue weighted by atomic mass is 16.5. The Morgan fingerprint density at radius 2 is 1.96 bits per heavy atom. The highest BCUT2D eigenvalue weighted by molar-refractivity contribution is 6.06. The van der Waals surface area contributed by atoms with Gasteiger partial charge in [-0.2, -0.15) is 0 Å². The number of anilines is 1. The van der Waals surface area contributed by atoms with Crippen LogP contribution >= 0.6 is 0 Å². The topological polar surface area (TPSA) is 60.3 Å². The molecule has 1 amide bonds. The number of aromatic nitrogens is 1. The zero-order chi connectivity index (χ0) is 18.0. The number of nitrogens with zero attached hydrogens (tertiary/aromatic N) is 1. The number of hydrogen-bond donors (Lipinski definition) is 1. The van der Waals surface area contributed by atoms with Crippen LogP contribution in [0, 0.1) is 0 Å². The summed E-state index contributed by atoms with van der Waals surface area (Å²) in [5.41, 5.74) is 2.29. The van der Waals surface area contributed by atoms with Crippen molar-refractivity contribution >= 4 is 22.5 Å². The van der Waals surface area contributed by atoms with Gasteiger partial charge in [0.2, 0.25) is 5.43 Å². The van der Waals surface area contributed by atoms with Gasteiger partial charge in [-0.15, -0.1) is 0 Å². The number of methoxy groups -OCH3 is 1. The van der Waals surface area contributed by atoms with Crippen molar-refractivity contribution in [1.29, 1.82) is 0 Å². The molecule has 0 radical (unpaired) electrons. The molecule has 5 heteroatoms. The second kappa shape index (κ2) is 6.81. The van der Waals surface area contributed by atoms with Crippen molar-refractivity contribution in [2.24, 2.45) is 7.05 Å². The van der Waals surface area contributed by atoms with Gasteiger partial charge in [-0.3, -0.25) is 9.59 Å². The summed E-state index contributed by atoms with van der Waals surface area (Å²) in [6.07, 6.45) is 2.37. The third kappa shape index (κ3) is 3.13. The van der Waals surface area contributed by atoms with E-state index in [1.165, 1.54) is 0 Å². The van der Waals surface area contributed by atoms with E-state index < -0.39 is 5.91 Å². The van der Waals surface area contributed by atoms with Crippen LogP contribution in [0.15, 0.2) is 53.5 Å². The van der Waals surface area contributed by atoms with Crippen LogP contribution in [0.5, 0.6) is 5.75 Å². The summed E-state index contributed by atoms with van der Waals surface area (Å²) in [5, 5.41) is 3.31. The Kier molecular flexibility index (Phi) is 4.57. The van der Waals surface area contributed by atoms with E-state index in [0.717, 1.165) is 23.2 Å². The third-order valence-corrected chi connectivity index (χ3v) is 4.29. The summed E-state index contributed by atoms with van der Waals surface area (Å²) in [4.78, 5) is 25.5. The van der Waals surface area contributed by atoms with E-state index in [0.29, 0.717) is 11.1 Å². The van der Waals surface area contributed by atoms with Crippen molar-refractivity contribution < 1.29 is 9.53 Å². The summed E-state index contributed by atoms with van der Waals surface area (Å²) in [6.45, 7) is 2.02. The molecule has 0 aliphatic heterocycles. The van der Waals surface area contributed by atoms with Crippen LogP contribution in [-0.4, -0.2) is 17.6 Å². The lowest BCUT2D eigenvalue weighted by Gasteiger charge is -2.12. The van der Waals surface area contributed by atoms with Crippen LogP contribution in [-0.2, 0) is 13.5 Å². The fourth-order valence-corrected chi connectivity index (χ4v) is 2.90.